The van der Waals surface area contributed by atoms with Crippen LogP contribution in [0.15, 0.2) is 76.7 Å². The van der Waals surface area contributed by atoms with Crippen LogP contribution in [-0.2, 0) is 9.53 Å². The Balaban J connectivity index is 1.19. The molecular formula is C30H28N4O3S. The molecule has 8 heteroatoms. The summed E-state index contributed by atoms with van der Waals surface area (Å²) < 4.78 is 5.07. The van der Waals surface area contributed by atoms with E-state index in [1.807, 2.05) is 66.7 Å². The number of esters is 1. The first-order chi connectivity index (χ1) is 18.5. The molecule has 2 aromatic heterocycles. The van der Waals surface area contributed by atoms with Crippen molar-refractivity contribution in [2.75, 3.05) is 7.11 Å². The lowest BCUT2D eigenvalue weighted by molar-refractivity contribution is -0.152. The van der Waals surface area contributed by atoms with Crippen molar-refractivity contribution in [3.63, 3.8) is 0 Å². The fourth-order valence-corrected chi connectivity index (χ4v) is 6.88. The molecule has 192 valence electrons. The first-order valence-electron chi connectivity index (χ1n) is 12.7. The normalized spacial score (nSPS) is 22.2. The average molecular weight is 525 g/mol. The predicted octanol–water partition coefficient (Wildman–Crippen LogP) is 5.89. The molecule has 0 saturated heterocycles. The van der Waals surface area contributed by atoms with Gasteiger partial charge in [-0.3, -0.25) is 19.7 Å². The Kier molecular flexibility index (Phi) is 6.27. The maximum absolute atomic E-state index is 13.5. The van der Waals surface area contributed by atoms with E-state index in [9.17, 15) is 9.59 Å². The van der Waals surface area contributed by atoms with E-state index in [0.717, 1.165) is 57.8 Å². The van der Waals surface area contributed by atoms with E-state index in [0.29, 0.717) is 12.0 Å². The topological polar surface area (TPSA) is 97.0 Å². The number of hydrogen-bond donors (Lipinski definition) is 2. The number of amides is 1. The van der Waals surface area contributed by atoms with Crippen molar-refractivity contribution in [3.05, 3.63) is 83.8 Å². The largest absolute Gasteiger partial charge is 0.469 e. The quantitative estimate of drug-likeness (QED) is 0.293. The number of fused-ring (bicyclic) bond motifs is 3. The van der Waals surface area contributed by atoms with Crippen LogP contribution in [0, 0.1) is 5.41 Å². The molecule has 0 atom stereocenters. The minimum Gasteiger partial charge on any atom is -0.469 e. The molecule has 4 aromatic rings. The second-order valence-corrected chi connectivity index (χ2v) is 11.3. The van der Waals surface area contributed by atoms with E-state index in [-0.39, 0.29) is 17.4 Å². The molecule has 2 saturated carbocycles. The van der Waals surface area contributed by atoms with Crippen molar-refractivity contribution < 1.29 is 14.3 Å². The van der Waals surface area contributed by atoms with E-state index in [2.05, 4.69) is 26.6 Å². The molecule has 0 radical (unpaired) electrons. The number of aromatic nitrogens is 3. The summed E-state index contributed by atoms with van der Waals surface area (Å²) in [5, 5.41) is 11.9. The number of ether oxygens (including phenoxy) is 1. The van der Waals surface area contributed by atoms with Gasteiger partial charge in [0.25, 0.3) is 5.91 Å². The Hall–Kier alpha value is -3.91. The molecule has 0 spiro atoms. The van der Waals surface area contributed by atoms with E-state index in [1.165, 1.54) is 7.11 Å². The van der Waals surface area contributed by atoms with Crippen LogP contribution in [0.1, 0.15) is 53.8 Å². The van der Waals surface area contributed by atoms with Gasteiger partial charge in [0.2, 0.25) is 0 Å². The second-order valence-electron chi connectivity index (χ2n) is 10.2. The molecule has 2 aromatic carbocycles. The molecule has 2 fully saturated rings. The molecule has 38 heavy (non-hydrogen) atoms. The Bertz CT molecular complexity index is 1540. The zero-order valence-electron chi connectivity index (χ0n) is 21.1. The fraction of sp³-hybridized carbons (Fsp3) is 0.267. The van der Waals surface area contributed by atoms with E-state index in [4.69, 9.17) is 4.74 Å². The molecule has 2 heterocycles. The molecule has 6 rings (SSSR count). The van der Waals surface area contributed by atoms with Gasteiger partial charge in [0.15, 0.2) is 0 Å². The number of carbonyl (C=O) groups excluding carboxylic acids is 2. The summed E-state index contributed by atoms with van der Waals surface area (Å²) in [6.45, 7) is 0. The summed E-state index contributed by atoms with van der Waals surface area (Å²) in [6, 6.07) is 19.6. The number of nitrogens with zero attached hydrogens (tertiary/aromatic N) is 2. The summed E-state index contributed by atoms with van der Waals surface area (Å²) in [4.78, 5) is 32.1. The standard InChI is InChI=1S/C30H28N4O3S/c1-37-28(36)29-13-15-30(19-29,16-14-29)32-27(35)23-7-2-3-8-26(23)38-21-10-11-22-24(33-34-25(22)18-21)12-9-20-6-4-5-17-31-20/h2-12,17-18H,13-16,19H2,1H3,(H,32,35)(H,33,34)/b12-9+. The summed E-state index contributed by atoms with van der Waals surface area (Å²) in [5.41, 5.74) is 2.50. The van der Waals surface area contributed by atoms with Gasteiger partial charge in [0, 0.05) is 26.9 Å². The van der Waals surface area contributed by atoms with Gasteiger partial charge < -0.3 is 10.1 Å². The highest BCUT2D eigenvalue weighted by Crippen LogP contribution is 2.57. The number of pyridine rings is 1. The van der Waals surface area contributed by atoms with Crippen molar-refractivity contribution in [3.8, 4) is 0 Å². The second kappa shape index (κ2) is 9.76. The van der Waals surface area contributed by atoms with Crippen LogP contribution in [0.5, 0.6) is 0 Å². The smallest absolute Gasteiger partial charge is 0.311 e. The third-order valence-corrected chi connectivity index (χ3v) is 8.93. The Labute approximate surface area is 225 Å². The fourth-order valence-electron chi connectivity index (χ4n) is 5.90. The third kappa shape index (κ3) is 4.49. The molecular weight excluding hydrogens is 496 g/mol. The van der Waals surface area contributed by atoms with Crippen LogP contribution in [0.3, 0.4) is 0 Å². The van der Waals surface area contributed by atoms with Crippen LogP contribution < -0.4 is 5.32 Å². The third-order valence-electron chi connectivity index (χ3n) is 7.86. The molecule has 2 aliphatic rings. The summed E-state index contributed by atoms with van der Waals surface area (Å²) in [5.74, 6) is -0.244. The van der Waals surface area contributed by atoms with Crippen LogP contribution in [-0.4, -0.2) is 39.7 Å². The summed E-state index contributed by atoms with van der Waals surface area (Å²) in [6.07, 6.45) is 9.44. The summed E-state index contributed by atoms with van der Waals surface area (Å²) in [7, 11) is 1.45. The lowest BCUT2D eigenvalue weighted by Crippen LogP contribution is -2.45. The number of aromatic amines is 1. The number of rotatable bonds is 7. The number of carbonyl (C=O) groups is 2. The lowest BCUT2D eigenvalue weighted by atomic mass is 9.84. The molecule has 7 nitrogen and oxygen atoms in total. The highest BCUT2D eigenvalue weighted by atomic mass is 32.2. The Morgan fingerprint density at radius 2 is 1.84 bits per heavy atom. The first-order valence-corrected chi connectivity index (χ1v) is 13.6. The number of nitrogens with one attached hydrogen (secondary N) is 2. The van der Waals surface area contributed by atoms with Crippen molar-refractivity contribution in [2.24, 2.45) is 5.41 Å². The van der Waals surface area contributed by atoms with Gasteiger partial charge in [-0.1, -0.05) is 30.0 Å². The van der Waals surface area contributed by atoms with E-state index >= 15 is 0 Å². The molecule has 0 aliphatic heterocycles. The van der Waals surface area contributed by atoms with Gasteiger partial charge in [0.05, 0.1) is 35.0 Å². The molecule has 2 bridgehead atoms. The van der Waals surface area contributed by atoms with Crippen LogP contribution in [0.4, 0.5) is 0 Å². The number of benzene rings is 2. The Morgan fingerprint density at radius 1 is 1.03 bits per heavy atom. The van der Waals surface area contributed by atoms with Gasteiger partial charge in [0.1, 0.15) is 0 Å². The SMILES string of the molecule is COC(=O)C12CCC(NC(=O)c3ccccc3Sc3ccc4c(/C=C/c5ccccn5)n[nH]c4c3)(CC1)C2. The zero-order chi connectivity index (χ0) is 26.2. The number of methoxy groups -OCH3 is 1. The van der Waals surface area contributed by atoms with Crippen molar-refractivity contribution in [2.45, 2.75) is 47.4 Å². The summed E-state index contributed by atoms with van der Waals surface area (Å²) >= 11 is 1.55. The predicted molar refractivity (Wildman–Crippen MR) is 148 cm³/mol. The van der Waals surface area contributed by atoms with Crippen molar-refractivity contribution >= 4 is 46.7 Å². The van der Waals surface area contributed by atoms with Gasteiger partial charge in [-0.25, -0.2) is 0 Å². The maximum atomic E-state index is 13.5. The highest BCUT2D eigenvalue weighted by molar-refractivity contribution is 7.99. The van der Waals surface area contributed by atoms with E-state index < -0.39 is 5.41 Å². The lowest BCUT2D eigenvalue weighted by Gasteiger charge is -2.28. The van der Waals surface area contributed by atoms with Crippen LogP contribution in [0.2, 0.25) is 0 Å². The number of H-pyrrole nitrogens is 1. The minimum atomic E-state index is -0.443. The number of hydrogen-bond acceptors (Lipinski definition) is 6. The van der Waals surface area contributed by atoms with Crippen molar-refractivity contribution in [1.29, 1.82) is 0 Å². The monoisotopic (exact) mass is 524 g/mol. The van der Waals surface area contributed by atoms with Gasteiger partial charge in [-0.15, -0.1) is 0 Å². The molecule has 2 N–H and O–H groups in total. The van der Waals surface area contributed by atoms with Crippen LogP contribution >= 0.6 is 11.8 Å². The maximum Gasteiger partial charge on any atom is 0.311 e. The highest BCUT2D eigenvalue weighted by Gasteiger charge is 2.59. The van der Waals surface area contributed by atoms with E-state index in [1.54, 1.807) is 18.0 Å². The van der Waals surface area contributed by atoms with Crippen LogP contribution in [0.25, 0.3) is 23.1 Å². The van der Waals surface area contributed by atoms with Gasteiger partial charge in [-0.05, 0) is 86.7 Å². The zero-order valence-corrected chi connectivity index (χ0v) is 21.9. The van der Waals surface area contributed by atoms with Crippen molar-refractivity contribution in [1.82, 2.24) is 20.5 Å². The van der Waals surface area contributed by atoms with Gasteiger partial charge in [-0.2, -0.15) is 5.10 Å². The molecule has 1 amide bonds. The first kappa shape index (κ1) is 24.4. The Morgan fingerprint density at radius 3 is 2.63 bits per heavy atom. The minimum absolute atomic E-state index is 0.0970. The molecule has 2 aliphatic carbocycles. The molecule has 0 unspecified atom stereocenters. The van der Waals surface area contributed by atoms with Gasteiger partial charge >= 0.3 is 5.97 Å². The average Bonchev–Trinajstić information content (AvgIpc) is 3.64.